The molecule has 1 N–H and O–H groups in total. The minimum absolute atomic E-state index is 0.0151. The number of H-pyrrole nitrogens is 1. The Morgan fingerprint density at radius 2 is 2.14 bits per heavy atom. The maximum Gasteiger partial charge on any atom is 0.258 e. The number of nitrogens with one attached hydrogen (secondary N) is 1. The van der Waals surface area contributed by atoms with Crippen LogP contribution in [0, 0.1) is 5.82 Å². The summed E-state index contributed by atoms with van der Waals surface area (Å²) < 4.78 is 18.8. The number of halogens is 2. The summed E-state index contributed by atoms with van der Waals surface area (Å²) in [5.41, 5.74) is 1.39. The van der Waals surface area contributed by atoms with Crippen molar-refractivity contribution in [1.29, 1.82) is 0 Å². The molecule has 0 fully saturated rings. The maximum atomic E-state index is 13.3. The predicted octanol–water partition coefficient (Wildman–Crippen LogP) is 4.38. The number of aromatic nitrogens is 4. The first-order valence-electron chi connectivity index (χ1n) is 8.45. The summed E-state index contributed by atoms with van der Waals surface area (Å²) in [5, 5.41) is 3.26. The second-order valence-corrected chi connectivity index (χ2v) is 7.26. The van der Waals surface area contributed by atoms with Gasteiger partial charge in [-0.3, -0.25) is 9.78 Å². The molecular weight excluding hydrogens is 403 g/mol. The van der Waals surface area contributed by atoms with E-state index in [2.05, 4.69) is 19.9 Å². The van der Waals surface area contributed by atoms with Gasteiger partial charge >= 0.3 is 0 Å². The number of aryl methyl sites for hydroxylation is 1. The Kier molecular flexibility index (Phi) is 5.06. The Morgan fingerprint density at radius 1 is 1.29 bits per heavy atom. The van der Waals surface area contributed by atoms with Crippen LogP contribution in [0.3, 0.4) is 0 Å². The van der Waals surface area contributed by atoms with Gasteiger partial charge in [-0.05, 0) is 24.6 Å². The number of benzene rings is 1. The van der Waals surface area contributed by atoms with Crippen molar-refractivity contribution in [2.24, 2.45) is 0 Å². The number of aromatic amines is 1. The van der Waals surface area contributed by atoms with E-state index in [1.807, 2.05) is 12.3 Å². The van der Waals surface area contributed by atoms with Crippen molar-refractivity contribution in [2.75, 3.05) is 0 Å². The summed E-state index contributed by atoms with van der Waals surface area (Å²) in [6.45, 7) is 2.01. The molecule has 0 spiro atoms. The van der Waals surface area contributed by atoms with Crippen molar-refractivity contribution in [1.82, 2.24) is 19.9 Å². The molecule has 3 heterocycles. The fourth-order valence-electron chi connectivity index (χ4n) is 2.67. The first-order chi connectivity index (χ1) is 13.5. The van der Waals surface area contributed by atoms with Gasteiger partial charge in [0.05, 0.1) is 15.4 Å². The van der Waals surface area contributed by atoms with Crippen LogP contribution in [-0.2, 0) is 13.0 Å². The van der Waals surface area contributed by atoms with E-state index in [9.17, 15) is 9.18 Å². The third-order valence-corrected chi connectivity index (χ3v) is 5.32. The highest BCUT2D eigenvalue weighted by Crippen LogP contribution is 2.26. The van der Waals surface area contributed by atoms with E-state index in [4.69, 9.17) is 16.3 Å². The quantitative estimate of drug-likeness (QED) is 0.522. The minimum atomic E-state index is -0.531. The van der Waals surface area contributed by atoms with Crippen LogP contribution in [0.5, 0.6) is 5.75 Å². The highest BCUT2D eigenvalue weighted by atomic mass is 35.5. The number of fused-ring (bicyclic) bond motifs is 1. The molecular formula is C19H14ClFN4O2S. The van der Waals surface area contributed by atoms with Crippen LogP contribution >= 0.6 is 22.9 Å². The highest BCUT2D eigenvalue weighted by Gasteiger charge is 2.14. The third kappa shape index (κ3) is 3.61. The molecule has 28 heavy (non-hydrogen) atoms. The number of ether oxygens (including phenoxy) is 1. The van der Waals surface area contributed by atoms with Gasteiger partial charge in [0.2, 0.25) is 0 Å². The lowest BCUT2D eigenvalue weighted by Gasteiger charge is -2.08. The molecule has 0 unspecified atom stereocenters. The summed E-state index contributed by atoms with van der Waals surface area (Å²) in [6, 6.07) is 5.64. The lowest BCUT2D eigenvalue weighted by Crippen LogP contribution is -2.14. The van der Waals surface area contributed by atoms with Crippen LogP contribution < -0.4 is 10.3 Å². The number of rotatable bonds is 5. The summed E-state index contributed by atoms with van der Waals surface area (Å²) in [6.07, 6.45) is 2.39. The molecule has 6 nitrogen and oxygen atoms in total. The van der Waals surface area contributed by atoms with E-state index in [1.54, 1.807) is 12.3 Å². The van der Waals surface area contributed by atoms with Crippen LogP contribution in [0.15, 0.2) is 40.6 Å². The van der Waals surface area contributed by atoms with E-state index >= 15 is 0 Å². The van der Waals surface area contributed by atoms with Gasteiger partial charge in [-0.25, -0.2) is 14.4 Å². The standard InChI is InChI=1S/C19H14ClFN4O2S/c1-2-16-23-14(9-28-16)18-17-11(5-6-22-18)19(26)25-15(24-17)8-27-10-3-4-13(21)12(20)7-10/h3-7,9H,2,8H2,1H3,(H,24,25,26). The molecule has 0 bridgehead atoms. The van der Waals surface area contributed by atoms with Crippen molar-refractivity contribution in [3.63, 3.8) is 0 Å². The summed E-state index contributed by atoms with van der Waals surface area (Å²) in [4.78, 5) is 28.6. The molecule has 9 heteroatoms. The average Bonchev–Trinajstić information content (AvgIpc) is 3.17. The lowest BCUT2D eigenvalue weighted by atomic mass is 10.2. The molecule has 142 valence electrons. The Labute approximate surface area is 168 Å². The zero-order valence-corrected chi connectivity index (χ0v) is 16.3. The lowest BCUT2D eigenvalue weighted by molar-refractivity contribution is 0.295. The first-order valence-corrected chi connectivity index (χ1v) is 9.71. The van der Waals surface area contributed by atoms with Crippen molar-refractivity contribution >= 4 is 33.8 Å². The van der Waals surface area contributed by atoms with E-state index in [1.165, 1.54) is 29.5 Å². The monoisotopic (exact) mass is 416 g/mol. The summed E-state index contributed by atoms with van der Waals surface area (Å²) >= 11 is 7.30. The number of hydrogen-bond acceptors (Lipinski definition) is 6. The van der Waals surface area contributed by atoms with E-state index in [0.29, 0.717) is 33.9 Å². The van der Waals surface area contributed by atoms with Gasteiger partial charge in [0.25, 0.3) is 5.56 Å². The smallest absolute Gasteiger partial charge is 0.258 e. The molecule has 0 atom stereocenters. The van der Waals surface area contributed by atoms with Gasteiger partial charge in [0, 0.05) is 17.6 Å². The molecule has 0 aliphatic carbocycles. The fraction of sp³-hybridized carbons (Fsp3) is 0.158. The van der Waals surface area contributed by atoms with Crippen LogP contribution in [0.2, 0.25) is 5.02 Å². The average molecular weight is 417 g/mol. The van der Waals surface area contributed by atoms with Gasteiger partial charge in [-0.2, -0.15) is 0 Å². The SMILES string of the molecule is CCc1nc(-c2nccc3c(=O)[nH]c(COc4ccc(F)c(Cl)c4)nc23)cs1. The normalized spacial score (nSPS) is 11.1. The molecule has 4 rings (SSSR count). The van der Waals surface area contributed by atoms with Crippen molar-refractivity contribution < 1.29 is 9.13 Å². The van der Waals surface area contributed by atoms with E-state index in [-0.39, 0.29) is 17.2 Å². The topological polar surface area (TPSA) is 80.8 Å². The van der Waals surface area contributed by atoms with Gasteiger partial charge in [0.15, 0.2) is 0 Å². The predicted molar refractivity (Wildman–Crippen MR) is 106 cm³/mol. The Hall–Kier alpha value is -2.84. The summed E-state index contributed by atoms with van der Waals surface area (Å²) in [7, 11) is 0. The van der Waals surface area contributed by atoms with Crippen molar-refractivity contribution in [3.8, 4) is 17.1 Å². The molecule has 0 aliphatic heterocycles. The van der Waals surface area contributed by atoms with E-state index in [0.717, 1.165) is 11.4 Å². The van der Waals surface area contributed by atoms with Gasteiger partial charge in [-0.15, -0.1) is 11.3 Å². The van der Waals surface area contributed by atoms with Gasteiger partial charge in [-0.1, -0.05) is 18.5 Å². The highest BCUT2D eigenvalue weighted by molar-refractivity contribution is 7.09. The van der Waals surface area contributed by atoms with Crippen molar-refractivity contribution in [3.05, 3.63) is 67.9 Å². The third-order valence-electron chi connectivity index (χ3n) is 4.04. The number of hydrogen-bond donors (Lipinski definition) is 1. The van der Waals surface area contributed by atoms with Gasteiger partial charge < -0.3 is 9.72 Å². The molecule has 4 aromatic rings. The van der Waals surface area contributed by atoms with Crippen LogP contribution in [0.4, 0.5) is 4.39 Å². The van der Waals surface area contributed by atoms with E-state index < -0.39 is 5.82 Å². The zero-order valence-electron chi connectivity index (χ0n) is 14.7. The second-order valence-electron chi connectivity index (χ2n) is 5.91. The minimum Gasteiger partial charge on any atom is -0.486 e. The maximum absolute atomic E-state index is 13.3. The van der Waals surface area contributed by atoms with Crippen LogP contribution in [0.1, 0.15) is 17.8 Å². The first kappa shape index (κ1) is 18.5. The zero-order chi connectivity index (χ0) is 19.7. The Balaban J connectivity index is 1.71. The molecule has 0 saturated heterocycles. The molecule has 0 aliphatic rings. The summed E-state index contributed by atoms with van der Waals surface area (Å²) in [5.74, 6) is 0.155. The van der Waals surface area contributed by atoms with Crippen molar-refractivity contribution in [2.45, 2.75) is 20.0 Å². The fourth-order valence-corrected chi connectivity index (χ4v) is 3.57. The number of nitrogens with zero attached hydrogens (tertiary/aromatic N) is 3. The number of thiazole rings is 1. The van der Waals surface area contributed by atoms with Gasteiger partial charge in [0.1, 0.15) is 40.9 Å². The molecule has 1 aromatic carbocycles. The molecule has 3 aromatic heterocycles. The largest absolute Gasteiger partial charge is 0.486 e. The molecule has 0 radical (unpaired) electrons. The number of pyridine rings is 1. The molecule has 0 amide bonds. The van der Waals surface area contributed by atoms with Crippen LogP contribution in [-0.4, -0.2) is 19.9 Å². The second kappa shape index (κ2) is 7.65. The Morgan fingerprint density at radius 3 is 2.89 bits per heavy atom. The molecule has 0 saturated carbocycles. The van der Waals surface area contributed by atoms with Crippen LogP contribution in [0.25, 0.3) is 22.3 Å². The Bertz CT molecular complexity index is 1220.